The molecule has 0 spiro atoms. The monoisotopic (exact) mass is 308 g/mol. The summed E-state index contributed by atoms with van der Waals surface area (Å²) in [6.07, 6.45) is 4.14. The molecule has 1 aromatic rings. The first kappa shape index (κ1) is 16.7. The summed E-state index contributed by atoms with van der Waals surface area (Å²) in [5.74, 6) is -0.0773. The molecule has 1 saturated carbocycles. The Bertz CT molecular complexity index is 495. The number of aliphatic hydroxyl groups excluding tert-OH is 1. The first-order valence-corrected chi connectivity index (χ1v) is 7.98. The van der Waals surface area contributed by atoms with Gasteiger partial charge >= 0.3 is 6.03 Å². The van der Waals surface area contributed by atoms with Gasteiger partial charge in [0.15, 0.2) is 0 Å². The van der Waals surface area contributed by atoms with E-state index in [4.69, 9.17) is 0 Å². The number of hydrogen-bond acceptors (Lipinski definition) is 2. The maximum Gasteiger partial charge on any atom is 0.317 e. The van der Waals surface area contributed by atoms with E-state index in [1.807, 2.05) is 0 Å². The second-order valence-electron chi connectivity index (χ2n) is 6.07. The van der Waals surface area contributed by atoms with Gasteiger partial charge in [-0.05, 0) is 30.9 Å². The third kappa shape index (κ3) is 4.70. The van der Waals surface area contributed by atoms with Crippen LogP contribution < -0.4 is 5.32 Å². The van der Waals surface area contributed by atoms with Crippen LogP contribution in [0.3, 0.4) is 0 Å². The fourth-order valence-electron chi connectivity index (χ4n) is 2.98. The van der Waals surface area contributed by atoms with Crippen LogP contribution in [0.2, 0.25) is 0 Å². The number of hydrogen-bond donors (Lipinski definition) is 2. The lowest BCUT2D eigenvalue weighted by atomic mass is 9.86. The van der Waals surface area contributed by atoms with Gasteiger partial charge in [0.1, 0.15) is 5.82 Å². The van der Waals surface area contributed by atoms with Gasteiger partial charge in [-0.15, -0.1) is 0 Å². The smallest absolute Gasteiger partial charge is 0.317 e. The summed E-state index contributed by atoms with van der Waals surface area (Å²) in [5.41, 5.74) is 0.605. The van der Waals surface area contributed by atoms with E-state index in [0.717, 1.165) is 25.7 Å². The van der Waals surface area contributed by atoms with Crippen LogP contribution in [0.1, 0.15) is 31.2 Å². The van der Waals surface area contributed by atoms with E-state index in [-0.39, 0.29) is 23.9 Å². The predicted molar refractivity (Wildman–Crippen MR) is 84.1 cm³/mol. The molecule has 122 valence electrons. The summed E-state index contributed by atoms with van der Waals surface area (Å²) in [5, 5.41) is 12.8. The lowest BCUT2D eigenvalue weighted by Gasteiger charge is -2.31. The zero-order valence-corrected chi connectivity index (χ0v) is 13.1. The lowest BCUT2D eigenvalue weighted by Crippen LogP contribution is -2.43. The summed E-state index contributed by atoms with van der Waals surface area (Å²) in [7, 11) is 1.74. The van der Waals surface area contributed by atoms with Crippen molar-refractivity contribution in [1.29, 1.82) is 0 Å². The van der Waals surface area contributed by atoms with E-state index >= 15 is 0 Å². The van der Waals surface area contributed by atoms with Crippen LogP contribution in [0, 0.1) is 11.7 Å². The second-order valence-corrected chi connectivity index (χ2v) is 6.07. The Labute approximate surface area is 131 Å². The van der Waals surface area contributed by atoms with Crippen LogP contribution in [0.25, 0.3) is 0 Å². The fourth-order valence-corrected chi connectivity index (χ4v) is 2.98. The number of halogens is 1. The number of aliphatic hydroxyl groups is 1. The van der Waals surface area contributed by atoms with Crippen molar-refractivity contribution in [2.75, 3.05) is 20.1 Å². The minimum absolute atomic E-state index is 0.163. The van der Waals surface area contributed by atoms with Crippen molar-refractivity contribution in [2.45, 2.75) is 38.2 Å². The molecule has 1 aliphatic carbocycles. The van der Waals surface area contributed by atoms with Gasteiger partial charge < -0.3 is 15.3 Å². The first-order chi connectivity index (χ1) is 10.6. The average molecular weight is 308 g/mol. The van der Waals surface area contributed by atoms with Crippen LogP contribution in [0.4, 0.5) is 9.18 Å². The molecule has 22 heavy (non-hydrogen) atoms. The molecule has 0 bridgehead atoms. The highest BCUT2D eigenvalue weighted by atomic mass is 19.1. The molecule has 0 aromatic heterocycles. The number of carbonyl (C=O) groups excluding carboxylic acids is 1. The molecule has 1 aromatic carbocycles. The Morgan fingerprint density at radius 2 is 2.09 bits per heavy atom. The Morgan fingerprint density at radius 1 is 1.36 bits per heavy atom. The maximum absolute atomic E-state index is 13.5. The quantitative estimate of drug-likeness (QED) is 0.878. The highest BCUT2D eigenvalue weighted by Gasteiger charge is 2.25. The van der Waals surface area contributed by atoms with Gasteiger partial charge in [0, 0.05) is 26.1 Å². The van der Waals surface area contributed by atoms with Gasteiger partial charge in [-0.3, -0.25) is 0 Å². The summed E-state index contributed by atoms with van der Waals surface area (Å²) >= 11 is 0. The number of carbonyl (C=O) groups is 1. The molecule has 2 unspecified atom stereocenters. The van der Waals surface area contributed by atoms with E-state index in [9.17, 15) is 14.3 Å². The number of rotatable bonds is 5. The zero-order chi connectivity index (χ0) is 15.9. The van der Waals surface area contributed by atoms with Crippen molar-refractivity contribution in [3.8, 4) is 0 Å². The molecule has 2 rings (SSSR count). The third-order valence-electron chi connectivity index (χ3n) is 4.35. The van der Waals surface area contributed by atoms with Crippen molar-refractivity contribution in [3.63, 3.8) is 0 Å². The molecule has 0 heterocycles. The molecule has 0 radical (unpaired) electrons. The van der Waals surface area contributed by atoms with Crippen LogP contribution in [0.15, 0.2) is 24.3 Å². The summed E-state index contributed by atoms with van der Waals surface area (Å²) in [4.78, 5) is 13.6. The lowest BCUT2D eigenvalue weighted by molar-refractivity contribution is 0.0565. The van der Waals surface area contributed by atoms with Gasteiger partial charge in [-0.1, -0.05) is 31.0 Å². The molecule has 2 amide bonds. The molecule has 5 heteroatoms. The summed E-state index contributed by atoms with van der Waals surface area (Å²) < 4.78 is 13.5. The predicted octanol–water partition coefficient (Wildman–Crippen LogP) is 2.56. The van der Waals surface area contributed by atoms with E-state index in [2.05, 4.69) is 5.32 Å². The number of amides is 2. The first-order valence-electron chi connectivity index (χ1n) is 7.98. The van der Waals surface area contributed by atoms with E-state index < -0.39 is 0 Å². The highest BCUT2D eigenvalue weighted by molar-refractivity contribution is 5.73. The van der Waals surface area contributed by atoms with Gasteiger partial charge in [-0.2, -0.15) is 0 Å². The summed E-state index contributed by atoms with van der Waals surface area (Å²) in [6.45, 7) is 0.962. The second kappa shape index (κ2) is 8.13. The Balaban J connectivity index is 1.73. The van der Waals surface area contributed by atoms with E-state index in [1.54, 1.807) is 30.1 Å². The Hall–Kier alpha value is -1.62. The highest BCUT2D eigenvalue weighted by Crippen LogP contribution is 2.24. The number of nitrogens with one attached hydrogen (secondary N) is 1. The summed E-state index contributed by atoms with van der Waals surface area (Å²) in [6, 6.07) is 6.42. The number of urea groups is 1. The molecular formula is C17H25FN2O2. The Kier molecular flexibility index (Phi) is 6.19. The van der Waals surface area contributed by atoms with Crippen molar-refractivity contribution in [2.24, 2.45) is 5.92 Å². The fraction of sp³-hybridized carbons (Fsp3) is 0.588. The molecule has 2 N–H and O–H groups in total. The molecular weight excluding hydrogens is 283 g/mol. The van der Waals surface area contributed by atoms with Crippen LogP contribution >= 0.6 is 0 Å². The van der Waals surface area contributed by atoms with Crippen LogP contribution in [0.5, 0.6) is 0 Å². The molecule has 0 saturated heterocycles. The van der Waals surface area contributed by atoms with Crippen molar-refractivity contribution >= 4 is 6.03 Å². The zero-order valence-electron chi connectivity index (χ0n) is 13.1. The normalized spacial score (nSPS) is 21.4. The van der Waals surface area contributed by atoms with E-state index in [1.165, 1.54) is 6.07 Å². The topological polar surface area (TPSA) is 52.6 Å². The van der Waals surface area contributed by atoms with Crippen molar-refractivity contribution in [3.05, 3.63) is 35.6 Å². The van der Waals surface area contributed by atoms with Gasteiger partial charge in [0.25, 0.3) is 0 Å². The standard InChI is InChI=1S/C17H25FN2O2/c1-20(12-14-7-3-5-9-16(14)21)17(22)19-11-10-13-6-2-4-8-15(13)18/h2,4,6,8,14,16,21H,3,5,7,9-12H2,1H3,(H,19,22). The number of benzene rings is 1. The van der Waals surface area contributed by atoms with Gasteiger partial charge in [0.2, 0.25) is 0 Å². The average Bonchev–Trinajstić information content (AvgIpc) is 2.51. The van der Waals surface area contributed by atoms with Crippen molar-refractivity contribution in [1.82, 2.24) is 10.2 Å². The van der Waals surface area contributed by atoms with Gasteiger partial charge in [-0.25, -0.2) is 9.18 Å². The SMILES string of the molecule is CN(CC1CCCCC1O)C(=O)NCCc1ccccc1F. The minimum atomic E-state index is -0.303. The van der Waals surface area contributed by atoms with E-state index in [0.29, 0.717) is 25.1 Å². The molecule has 0 aliphatic heterocycles. The van der Waals surface area contributed by atoms with Crippen molar-refractivity contribution < 1.29 is 14.3 Å². The maximum atomic E-state index is 13.5. The van der Waals surface area contributed by atoms with Gasteiger partial charge in [0.05, 0.1) is 6.10 Å². The van der Waals surface area contributed by atoms with Crippen LogP contribution in [-0.2, 0) is 6.42 Å². The minimum Gasteiger partial charge on any atom is -0.393 e. The number of nitrogens with zero attached hydrogens (tertiary/aromatic N) is 1. The largest absolute Gasteiger partial charge is 0.393 e. The molecule has 1 aliphatic rings. The molecule has 1 fully saturated rings. The molecule has 4 nitrogen and oxygen atoms in total. The Morgan fingerprint density at radius 3 is 2.82 bits per heavy atom. The van der Waals surface area contributed by atoms with Crippen LogP contribution in [-0.4, -0.2) is 42.3 Å². The molecule has 2 atom stereocenters. The third-order valence-corrected chi connectivity index (χ3v) is 4.35.